The fourth-order valence-electron chi connectivity index (χ4n) is 2.52. The monoisotopic (exact) mass is 346 g/mol. The molecular formula is C17H19ClN4S. The van der Waals surface area contributed by atoms with Crippen molar-refractivity contribution in [2.45, 2.75) is 26.4 Å². The van der Waals surface area contributed by atoms with Gasteiger partial charge in [0.1, 0.15) is 5.01 Å². The van der Waals surface area contributed by atoms with Crippen LogP contribution in [0.1, 0.15) is 29.1 Å². The fourth-order valence-corrected chi connectivity index (χ4v) is 3.52. The number of nitrogens with zero attached hydrogens (tertiary/aromatic N) is 3. The summed E-state index contributed by atoms with van der Waals surface area (Å²) < 4.78 is 1.86. The molecule has 0 saturated carbocycles. The summed E-state index contributed by atoms with van der Waals surface area (Å²) in [5.74, 6) is 0. The first kappa shape index (κ1) is 16.2. The SMILES string of the molecule is Cc1nn(C)cc1[C@@H](C)NCc1cnc(-c2ccc(Cl)cc2)s1. The van der Waals surface area contributed by atoms with Gasteiger partial charge in [-0.15, -0.1) is 11.3 Å². The maximum absolute atomic E-state index is 5.93. The van der Waals surface area contributed by atoms with E-state index in [1.54, 1.807) is 11.3 Å². The van der Waals surface area contributed by atoms with Gasteiger partial charge in [0.2, 0.25) is 0 Å². The van der Waals surface area contributed by atoms with Crippen LogP contribution in [0.25, 0.3) is 10.6 Å². The van der Waals surface area contributed by atoms with E-state index in [-0.39, 0.29) is 6.04 Å². The highest BCUT2D eigenvalue weighted by Crippen LogP contribution is 2.26. The molecular weight excluding hydrogens is 328 g/mol. The second kappa shape index (κ2) is 6.83. The lowest BCUT2D eigenvalue weighted by Crippen LogP contribution is -2.17. The van der Waals surface area contributed by atoms with Crippen molar-refractivity contribution in [3.8, 4) is 10.6 Å². The third kappa shape index (κ3) is 3.80. The summed E-state index contributed by atoms with van der Waals surface area (Å²) in [6.45, 7) is 4.99. The van der Waals surface area contributed by atoms with E-state index >= 15 is 0 Å². The molecule has 1 aromatic carbocycles. The Morgan fingerprint density at radius 3 is 2.70 bits per heavy atom. The zero-order valence-electron chi connectivity index (χ0n) is 13.4. The first-order valence-corrected chi connectivity index (χ1v) is 8.66. The lowest BCUT2D eigenvalue weighted by atomic mass is 10.1. The number of aromatic nitrogens is 3. The first-order chi connectivity index (χ1) is 11.0. The topological polar surface area (TPSA) is 42.7 Å². The third-order valence-electron chi connectivity index (χ3n) is 3.75. The number of hydrogen-bond acceptors (Lipinski definition) is 4. The van der Waals surface area contributed by atoms with Crippen molar-refractivity contribution >= 4 is 22.9 Å². The van der Waals surface area contributed by atoms with Gasteiger partial charge in [-0.25, -0.2) is 4.98 Å². The minimum Gasteiger partial charge on any atom is -0.305 e. The van der Waals surface area contributed by atoms with Crippen LogP contribution in [0.3, 0.4) is 0 Å². The number of thiazole rings is 1. The molecule has 3 aromatic rings. The molecule has 1 atom stereocenters. The van der Waals surface area contributed by atoms with E-state index in [1.165, 1.54) is 10.4 Å². The summed E-state index contributed by atoms with van der Waals surface area (Å²) in [7, 11) is 1.95. The zero-order valence-corrected chi connectivity index (χ0v) is 14.9. The molecule has 3 rings (SSSR count). The van der Waals surface area contributed by atoms with E-state index in [2.05, 4.69) is 28.5 Å². The van der Waals surface area contributed by atoms with Crippen LogP contribution in [0, 0.1) is 6.92 Å². The minimum absolute atomic E-state index is 0.254. The summed E-state index contributed by atoms with van der Waals surface area (Å²) >= 11 is 7.63. The van der Waals surface area contributed by atoms with E-state index in [1.807, 2.05) is 49.1 Å². The quantitative estimate of drug-likeness (QED) is 0.746. The molecule has 0 unspecified atom stereocenters. The molecule has 0 radical (unpaired) electrons. The van der Waals surface area contributed by atoms with Crippen LogP contribution in [0.2, 0.25) is 5.02 Å². The maximum atomic E-state index is 5.93. The van der Waals surface area contributed by atoms with E-state index < -0.39 is 0 Å². The molecule has 0 amide bonds. The number of aryl methyl sites for hydroxylation is 2. The fraction of sp³-hybridized carbons (Fsp3) is 0.294. The van der Waals surface area contributed by atoms with Gasteiger partial charge >= 0.3 is 0 Å². The Morgan fingerprint density at radius 1 is 1.30 bits per heavy atom. The third-order valence-corrected chi connectivity index (χ3v) is 5.04. The lowest BCUT2D eigenvalue weighted by Gasteiger charge is -2.11. The number of rotatable bonds is 5. The Bertz CT molecular complexity index is 791. The van der Waals surface area contributed by atoms with E-state index in [9.17, 15) is 0 Å². The Hall–Kier alpha value is -1.69. The van der Waals surface area contributed by atoms with Crippen LogP contribution in [0.5, 0.6) is 0 Å². The summed E-state index contributed by atoms with van der Waals surface area (Å²) in [4.78, 5) is 5.72. The molecule has 120 valence electrons. The second-order valence-corrected chi connectivity index (χ2v) is 7.14. The van der Waals surface area contributed by atoms with Gasteiger partial charge in [-0.1, -0.05) is 23.7 Å². The summed E-state index contributed by atoms with van der Waals surface area (Å²) in [6.07, 6.45) is 4.00. The molecule has 0 aliphatic heterocycles. The van der Waals surface area contributed by atoms with Crippen molar-refractivity contribution in [1.82, 2.24) is 20.1 Å². The average Bonchev–Trinajstić information content (AvgIpc) is 3.12. The zero-order chi connectivity index (χ0) is 16.4. The molecule has 0 bridgehead atoms. The van der Waals surface area contributed by atoms with Gasteiger partial charge in [-0.05, 0) is 26.0 Å². The molecule has 0 saturated heterocycles. The van der Waals surface area contributed by atoms with Crippen molar-refractivity contribution in [2.24, 2.45) is 7.05 Å². The number of hydrogen-bond donors (Lipinski definition) is 1. The standard InChI is InChI=1S/C17H19ClN4S/c1-11(16-10-22(3)21-12(16)2)19-8-15-9-20-17(23-15)13-4-6-14(18)7-5-13/h4-7,9-11,19H,8H2,1-3H3/t11-/m1/s1. The van der Waals surface area contributed by atoms with Gasteiger partial charge in [0.05, 0.1) is 5.69 Å². The van der Waals surface area contributed by atoms with Gasteiger partial charge in [-0.2, -0.15) is 5.10 Å². The van der Waals surface area contributed by atoms with E-state index in [0.29, 0.717) is 0 Å². The maximum Gasteiger partial charge on any atom is 0.123 e. The molecule has 0 spiro atoms. The van der Waals surface area contributed by atoms with Gasteiger partial charge in [0.15, 0.2) is 0 Å². The first-order valence-electron chi connectivity index (χ1n) is 7.47. The lowest BCUT2D eigenvalue weighted by molar-refractivity contribution is 0.575. The van der Waals surface area contributed by atoms with E-state index in [4.69, 9.17) is 11.6 Å². The highest BCUT2D eigenvalue weighted by atomic mass is 35.5. The highest BCUT2D eigenvalue weighted by molar-refractivity contribution is 7.15. The molecule has 0 fully saturated rings. The summed E-state index contributed by atoms with van der Waals surface area (Å²) in [5.41, 5.74) is 3.40. The minimum atomic E-state index is 0.254. The van der Waals surface area contributed by atoms with Crippen LogP contribution in [0.15, 0.2) is 36.7 Å². The number of nitrogens with one attached hydrogen (secondary N) is 1. The average molecular weight is 347 g/mol. The molecule has 4 nitrogen and oxygen atoms in total. The molecule has 2 heterocycles. The molecule has 23 heavy (non-hydrogen) atoms. The number of benzene rings is 1. The summed E-state index contributed by atoms with van der Waals surface area (Å²) in [6, 6.07) is 8.04. The van der Waals surface area contributed by atoms with Crippen molar-refractivity contribution in [3.05, 3.63) is 57.8 Å². The molecule has 0 aliphatic carbocycles. The largest absolute Gasteiger partial charge is 0.305 e. The Labute approximate surface area is 145 Å². The Balaban J connectivity index is 1.65. The number of halogens is 1. The van der Waals surface area contributed by atoms with Gasteiger partial charge < -0.3 is 5.32 Å². The van der Waals surface area contributed by atoms with Crippen LogP contribution < -0.4 is 5.32 Å². The van der Waals surface area contributed by atoms with Crippen molar-refractivity contribution in [2.75, 3.05) is 0 Å². The van der Waals surface area contributed by atoms with Crippen LogP contribution in [0.4, 0.5) is 0 Å². The van der Waals surface area contributed by atoms with Crippen LogP contribution in [-0.4, -0.2) is 14.8 Å². The van der Waals surface area contributed by atoms with Crippen molar-refractivity contribution in [1.29, 1.82) is 0 Å². The summed E-state index contributed by atoms with van der Waals surface area (Å²) in [5, 5.41) is 9.69. The molecule has 1 N–H and O–H groups in total. The van der Waals surface area contributed by atoms with Crippen LogP contribution in [-0.2, 0) is 13.6 Å². The van der Waals surface area contributed by atoms with Gasteiger partial charge in [0.25, 0.3) is 0 Å². The van der Waals surface area contributed by atoms with Crippen molar-refractivity contribution in [3.63, 3.8) is 0 Å². The Morgan fingerprint density at radius 2 is 2.04 bits per heavy atom. The van der Waals surface area contributed by atoms with Crippen LogP contribution >= 0.6 is 22.9 Å². The molecule has 0 aliphatic rings. The predicted octanol–water partition coefficient (Wildman–Crippen LogP) is 4.36. The highest BCUT2D eigenvalue weighted by Gasteiger charge is 2.12. The van der Waals surface area contributed by atoms with E-state index in [0.717, 1.165) is 27.8 Å². The predicted molar refractivity (Wildman–Crippen MR) is 95.8 cm³/mol. The smallest absolute Gasteiger partial charge is 0.123 e. The second-order valence-electron chi connectivity index (χ2n) is 5.58. The molecule has 2 aromatic heterocycles. The normalized spacial score (nSPS) is 12.5. The van der Waals surface area contributed by atoms with Gasteiger partial charge in [0, 0.05) is 53.1 Å². The Kier molecular flexibility index (Phi) is 4.80. The van der Waals surface area contributed by atoms with Gasteiger partial charge in [-0.3, -0.25) is 4.68 Å². The molecule has 6 heteroatoms. The van der Waals surface area contributed by atoms with Crippen molar-refractivity contribution < 1.29 is 0 Å².